The standard InChI is InChI=1S/C23H22ClF3N8O/c24-16-2-3-17-15(6-16)7-34(22(13-36-14-22)23(25,26)27)8-18-30-31-20(35(17)18)33-11-21(12-33)9-32(10-21)19-28-4-1-5-29-19/h1-6H,7-14H2. The first kappa shape index (κ1) is 22.3. The molecule has 36 heavy (non-hydrogen) atoms. The number of hydrogen-bond donors (Lipinski definition) is 0. The van der Waals surface area contributed by atoms with Gasteiger partial charge in [0.05, 0.1) is 25.4 Å². The van der Waals surface area contributed by atoms with Crippen LogP contribution in [0.1, 0.15) is 11.4 Å². The lowest BCUT2D eigenvalue weighted by Crippen LogP contribution is -2.73. The minimum atomic E-state index is -4.44. The normalized spacial score (nSPS) is 22.2. The van der Waals surface area contributed by atoms with E-state index in [1.54, 1.807) is 30.6 Å². The van der Waals surface area contributed by atoms with E-state index in [9.17, 15) is 13.2 Å². The zero-order chi connectivity index (χ0) is 24.7. The summed E-state index contributed by atoms with van der Waals surface area (Å²) in [4.78, 5) is 14.3. The average molecular weight is 519 g/mol. The van der Waals surface area contributed by atoms with Gasteiger partial charge < -0.3 is 14.5 Å². The van der Waals surface area contributed by atoms with Crippen LogP contribution < -0.4 is 9.80 Å². The highest BCUT2D eigenvalue weighted by Crippen LogP contribution is 2.46. The Morgan fingerprint density at radius 2 is 1.67 bits per heavy atom. The monoisotopic (exact) mass is 518 g/mol. The van der Waals surface area contributed by atoms with Crippen molar-refractivity contribution in [1.29, 1.82) is 0 Å². The third-order valence-corrected chi connectivity index (χ3v) is 7.96. The summed E-state index contributed by atoms with van der Waals surface area (Å²) in [5.41, 5.74) is -0.481. The van der Waals surface area contributed by atoms with Gasteiger partial charge in [-0.1, -0.05) is 11.6 Å². The lowest BCUT2D eigenvalue weighted by Gasteiger charge is -2.60. The van der Waals surface area contributed by atoms with E-state index in [0.717, 1.165) is 37.8 Å². The van der Waals surface area contributed by atoms with E-state index in [4.69, 9.17) is 16.3 Å². The maximum absolute atomic E-state index is 14.2. The first-order chi connectivity index (χ1) is 17.3. The highest BCUT2D eigenvalue weighted by atomic mass is 35.5. The van der Waals surface area contributed by atoms with E-state index >= 15 is 0 Å². The average Bonchev–Trinajstić information content (AvgIpc) is 3.06. The molecule has 1 aromatic carbocycles. The van der Waals surface area contributed by atoms with Crippen LogP contribution in [0.4, 0.5) is 25.1 Å². The SMILES string of the molecule is FC(F)(F)C1(N2Cc3cc(Cl)ccc3-n3c(nnc3N3CC4(CN(c5ncccn5)C4)C3)C2)COC1. The number of alkyl halides is 3. The first-order valence-electron chi connectivity index (χ1n) is 11.7. The Morgan fingerprint density at radius 1 is 0.944 bits per heavy atom. The second kappa shape index (κ2) is 7.53. The molecule has 0 saturated carbocycles. The van der Waals surface area contributed by atoms with Crippen LogP contribution in [0.5, 0.6) is 0 Å². The molecular formula is C23H22ClF3N8O. The summed E-state index contributed by atoms with van der Waals surface area (Å²) in [6.45, 7) is 2.54. The fourth-order valence-electron chi connectivity index (χ4n) is 5.78. The van der Waals surface area contributed by atoms with Crippen LogP contribution in [0.15, 0.2) is 36.7 Å². The number of ether oxygens (including phenoxy) is 1. The molecule has 1 spiro atoms. The molecule has 9 nitrogen and oxygen atoms in total. The molecule has 0 amide bonds. The van der Waals surface area contributed by atoms with Gasteiger partial charge in [-0.05, 0) is 29.8 Å². The van der Waals surface area contributed by atoms with Crippen LogP contribution >= 0.6 is 11.6 Å². The Morgan fingerprint density at radius 3 is 2.33 bits per heavy atom. The van der Waals surface area contributed by atoms with Gasteiger partial charge in [-0.3, -0.25) is 9.47 Å². The van der Waals surface area contributed by atoms with Gasteiger partial charge in [0.1, 0.15) is 0 Å². The number of rotatable bonds is 3. The van der Waals surface area contributed by atoms with Crippen LogP contribution in [0.3, 0.4) is 0 Å². The summed E-state index contributed by atoms with van der Waals surface area (Å²) >= 11 is 6.27. The third kappa shape index (κ3) is 3.17. The predicted molar refractivity (Wildman–Crippen MR) is 124 cm³/mol. The smallest absolute Gasteiger partial charge is 0.377 e. The van der Waals surface area contributed by atoms with Gasteiger partial charge in [0.2, 0.25) is 11.9 Å². The number of halogens is 4. The molecule has 4 aliphatic rings. The summed E-state index contributed by atoms with van der Waals surface area (Å²) in [5.74, 6) is 1.83. The Balaban J connectivity index is 1.18. The van der Waals surface area contributed by atoms with E-state index in [1.165, 1.54) is 4.90 Å². The number of fused-ring (bicyclic) bond motifs is 3. The van der Waals surface area contributed by atoms with E-state index in [-0.39, 0.29) is 18.5 Å². The highest BCUT2D eigenvalue weighted by Gasteiger charge is 2.64. The van der Waals surface area contributed by atoms with Crippen LogP contribution in [0.25, 0.3) is 5.69 Å². The van der Waals surface area contributed by atoms with Crippen molar-refractivity contribution < 1.29 is 17.9 Å². The van der Waals surface area contributed by atoms with Crippen molar-refractivity contribution in [3.05, 3.63) is 53.1 Å². The maximum atomic E-state index is 14.2. The number of anilines is 2. The Labute approximate surface area is 209 Å². The van der Waals surface area contributed by atoms with Crippen molar-refractivity contribution >= 4 is 23.5 Å². The highest BCUT2D eigenvalue weighted by molar-refractivity contribution is 6.30. The largest absolute Gasteiger partial charge is 0.411 e. The van der Waals surface area contributed by atoms with Gasteiger partial charge in [0.15, 0.2) is 11.4 Å². The van der Waals surface area contributed by atoms with E-state index < -0.39 is 24.9 Å². The molecule has 13 heteroatoms. The van der Waals surface area contributed by atoms with Crippen molar-refractivity contribution in [2.75, 3.05) is 49.2 Å². The molecule has 0 N–H and O–H groups in total. The molecule has 3 saturated heterocycles. The molecule has 6 heterocycles. The van der Waals surface area contributed by atoms with Crippen LogP contribution in [-0.4, -0.2) is 80.7 Å². The molecule has 4 aliphatic heterocycles. The molecule has 7 rings (SSSR count). The molecule has 0 aliphatic carbocycles. The number of benzene rings is 1. The maximum Gasteiger partial charge on any atom is 0.411 e. The summed E-state index contributed by atoms with van der Waals surface area (Å²) < 4.78 is 49.5. The van der Waals surface area contributed by atoms with Gasteiger partial charge in [0.25, 0.3) is 0 Å². The van der Waals surface area contributed by atoms with Gasteiger partial charge >= 0.3 is 6.18 Å². The van der Waals surface area contributed by atoms with E-state index in [0.29, 0.717) is 22.4 Å². The number of hydrogen-bond acceptors (Lipinski definition) is 8. The third-order valence-electron chi connectivity index (χ3n) is 7.73. The van der Waals surface area contributed by atoms with Gasteiger partial charge in [-0.15, -0.1) is 10.2 Å². The fraction of sp³-hybridized carbons (Fsp3) is 0.478. The van der Waals surface area contributed by atoms with Crippen molar-refractivity contribution in [2.45, 2.75) is 24.8 Å². The lowest BCUT2D eigenvalue weighted by molar-refractivity contribution is -0.310. The van der Waals surface area contributed by atoms with Crippen molar-refractivity contribution in [3.8, 4) is 5.69 Å². The topological polar surface area (TPSA) is 75.4 Å². The second-order valence-electron chi connectivity index (χ2n) is 10.2. The molecule has 3 aromatic rings. The van der Waals surface area contributed by atoms with Crippen molar-refractivity contribution in [1.82, 2.24) is 29.6 Å². The second-order valence-corrected chi connectivity index (χ2v) is 10.6. The Hall–Kier alpha value is -2.96. The Bertz CT molecular complexity index is 1310. The van der Waals surface area contributed by atoms with Crippen molar-refractivity contribution in [3.63, 3.8) is 0 Å². The summed E-state index contributed by atoms with van der Waals surface area (Å²) in [5, 5.41) is 9.26. The van der Waals surface area contributed by atoms with E-state index in [1.807, 2.05) is 10.6 Å². The molecule has 0 bridgehead atoms. The molecule has 0 atom stereocenters. The van der Waals surface area contributed by atoms with Crippen molar-refractivity contribution in [2.24, 2.45) is 5.41 Å². The lowest BCUT2D eigenvalue weighted by atomic mass is 9.73. The fourth-order valence-corrected chi connectivity index (χ4v) is 5.97. The van der Waals surface area contributed by atoms with E-state index in [2.05, 4.69) is 30.0 Å². The minimum Gasteiger partial charge on any atom is -0.377 e. The molecule has 3 fully saturated rings. The van der Waals surface area contributed by atoms with Gasteiger partial charge in [-0.25, -0.2) is 9.97 Å². The summed E-state index contributed by atoms with van der Waals surface area (Å²) in [6.07, 6.45) is -0.973. The van der Waals surface area contributed by atoms with Crippen LogP contribution in [-0.2, 0) is 17.8 Å². The minimum absolute atomic E-state index is 0.000274. The molecule has 2 aromatic heterocycles. The summed E-state index contributed by atoms with van der Waals surface area (Å²) in [6, 6.07) is 7.11. The zero-order valence-electron chi connectivity index (χ0n) is 19.1. The quantitative estimate of drug-likeness (QED) is 0.524. The van der Waals surface area contributed by atoms with Gasteiger partial charge in [-0.2, -0.15) is 13.2 Å². The number of nitrogens with zero attached hydrogens (tertiary/aromatic N) is 8. The molecule has 0 unspecified atom stereocenters. The van der Waals surface area contributed by atoms with Crippen LogP contribution in [0, 0.1) is 5.41 Å². The van der Waals surface area contributed by atoms with Crippen LogP contribution in [0.2, 0.25) is 5.02 Å². The summed E-state index contributed by atoms with van der Waals surface area (Å²) in [7, 11) is 0. The number of aromatic nitrogens is 5. The zero-order valence-corrected chi connectivity index (χ0v) is 19.9. The predicted octanol–water partition coefficient (Wildman–Crippen LogP) is 2.68. The molecule has 188 valence electrons. The first-order valence-corrected chi connectivity index (χ1v) is 12.0. The van der Waals surface area contributed by atoms with Gasteiger partial charge in [0, 0.05) is 55.6 Å². The molecule has 0 radical (unpaired) electrons. The Kier molecular flexibility index (Phi) is 4.65. The molecular weight excluding hydrogens is 497 g/mol.